The van der Waals surface area contributed by atoms with Crippen LogP contribution in [0.2, 0.25) is 0 Å². The first-order valence-corrected chi connectivity index (χ1v) is 3.30. The molecule has 0 aromatic carbocycles. The normalized spacial score (nSPS) is 11.9. The second-order valence-electron chi connectivity index (χ2n) is 2.23. The first-order chi connectivity index (χ1) is 4.63. The fourth-order valence-corrected chi connectivity index (χ4v) is 0.581. The molecule has 0 aromatic heterocycles. The van der Waals surface area contributed by atoms with Crippen LogP contribution >= 0.6 is 0 Å². The van der Waals surface area contributed by atoms with Crippen molar-refractivity contribution in [3.8, 4) is 0 Å². The van der Waals surface area contributed by atoms with E-state index >= 15 is 0 Å². The van der Waals surface area contributed by atoms with Gasteiger partial charge in [-0.25, -0.2) is 0 Å². The van der Waals surface area contributed by atoms with E-state index in [1.807, 2.05) is 20.9 Å². The molecule has 0 fully saturated rings. The lowest BCUT2D eigenvalue weighted by Gasteiger charge is -2.05. The minimum atomic E-state index is 0.979. The molecule has 0 spiro atoms. The van der Waals surface area contributed by atoms with Crippen LogP contribution in [0, 0.1) is 0 Å². The lowest BCUT2D eigenvalue weighted by Crippen LogP contribution is -2.04. The van der Waals surface area contributed by atoms with Gasteiger partial charge in [0.15, 0.2) is 0 Å². The fourth-order valence-electron chi connectivity index (χ4n) is 0.581. The smallest absolute Gasteiger partial charge is 0.0108 e. The zero-order valence-corrected chi connectivity index (χ0v) is 6.99. The molecule has 10 heavy (non-hydrogen) atoms. The van der Waals surface area contributed by atoms with E-state index in [-0.39, 0.29) is 0 Å². The summed E-state index contributed by atoms with van der Waals surface area (Å²) in [4.78, 5) is 0. The third kappa shape index (κ3) is 2.09. The van der Waals surface area contributed by atoms with Gasteiger partial charge in [0.05, 0.1) is 0 Å². The van der Waals surface area contributed by atoms with Crippen LogP contribution in [0.25, 0.3) is 0 Å². The van der Waals surface area contributed by atoms with Crippen molar-refractivity contribution in [2.75, 3.05) is 7.05 Å². The predicted molar refractivity (Wildman–Crippen MR) is 46.8 cm³/mol. The Morgan fingerprint density at radius 2 is 1.90 bits per heavy atom. The van der Waals surface area contributed by atoms with E-state index < -0.39 is 0 Å². The Morgan fingerprint density at radius 1 is 1.40 bits per heavy atom. The molecule has 0 heterocycles. The Kier molecular flexibility index (Phi) is 3.55. The van der Waals surface area contributed by atoms with Crippen LogP contribution in [0.15, 0.2) is 36.1 Å². The zero-order chi connectivity index (χ0) is 8.15. The molecule has 0 saturated carbocycles. The molecule has 0 aliphatic heterocycles. The molecule has 1 heteroatoms. The molecule has 0 aliphatic carbocycles. The molecule has 0 radical (unpaired) electrons. The SMILES string of the molecule is C=CC(=C)/C(C)=C(/C)NC. The first-order valence-electron chi connectivity index (χ1n) is 3.30. The molecule has 0 amide bonds. The van der Waals surface area contributed by atoms with Crippen LogP contribution in [0.4, 0.5) is 0 Å². The van der Waals surface area contributed by atoms with Gasteiger partial charge in [-0.3, -0.25) is 0 Å². The Balaban J connectivity index is 4.45. The molecule has 56 valence electrons. The van der Waals surface area contributed by atoms with Crippen molar-refractivity contribution < 1.29 is 0 Å². The van der Waals surface area contributed by atoms with Gasteiger partial charge in [0, 0.05) is 12.7 Å². The van der Waals surface area contributed by atoms with Gasteiger partial charge < -0.3 is 5.32 Å². The number of allylic oxidation sites excluding steroid dienone is 4. The van der Waals surface area contributed by atoms with Crippen molar-refractivity contribution >= 4 is 0 Å². The van der Waals surface area contributed by atoms with Crippen molar-refractivity contribution in [3.63, 3.8) is 0 Å². The van der Waals surface area contributed by atoms with Crippen molar-refractivity contribution in [3.05, 3.63) is 36.1 Å². The largest absolute Gasteiger partial charge is 0.391 e. The van der Waals surface area contributed by atoms with Crippen molar-refractivity contribution in [1.29, 1.82) is 0 Å². The Labute approximate surface area is 63.1 Å². The summed E-state index contributed by atoms with van der Waals surface area (Å²) < 4.78 is 0. The summed E-state index contributed by atoms with van der Waals surface area (Å²) in [5.41, 5.74) is 3.29. The maximum absolute atomic E-state index is 3.83. The maximum Gasteiger partial charge on any atom is 0.0108 e. The second kappa shape index (κ2) is 3.94. The van der Waals surface area contributed by atoms with E-state index in [1.54, 1.807) is 6.08 Å². The van der Waals surface area contributed by atoms with Gasteiger partial charge in [-0.15, -0.1) is 0 Å². The molecular weight excluding hydrogens is 122 g/mol. The summed E-state index contributed by atoms with van der Waals surface area (Å²) in [5, 5.41) is 3.05. The monoisotopic (exact) mass is 137 g/mol. The highest BCUT2D eigenvalue weighted by molar-refractivity contribution is 5.36. The van der Waals surface area contributed by atoms with E-state index in [0.29, 0.717) is 0 Å². The molecule has 0 atom stereocenters. The summed E-state index contributed by atoms with van der Waals surface area (Å²) in [6, 6.07) is 0. The van der Waals surface area contributed by atoms with Gasteiger partial charge in [0.1, 0.15) is 0 Å². The third-order valence-electron chi connectivity index (χ3n) is 1.67. The van der Waals surface area contributed by atoms with E-state index in [2.05, 4.69) is 18.5 Å². The standard InChI is InChI=1S/C9H15N/c1-6-7(2)8(3)9(4)10-5/h6,10H,1-2H2,3-5H3/b9-8-. The average molecular weight is 137 g/mol. The summed E-state index contributed by atoms with van der Waals surface area (Å²) in [7, 11) is 1.90. The first kappa shape index (κ1) is 9.02. The Morgan fingerprint density at radius 3 is 2.20 bits per heavy atom. The zero-order valence-electron chi connectivity index (χ0n) is 6.99. The van der Waals surface area contributed by atoms with Gasteiger partial charge in [-0.05, 0) is 25.0 Å². The fraction of sp³-hybridized carbons (Fsp3) is 0.333. The number of nitrogens with one attached hydrogen (secondary N) is 1. The van der Waals surface area contributed by atoms with Gasteiger partial charge in [-0.1, -0.05) is 19.2 Å². The van der Waals surface area contributed by atoms with E-state index in [9.17, 15) is 0 Å². The highest BCUT2D eigenvalue weighted by Crippen LogP contribution is 2.10. The molecule has 0 bridgehead atoms. The summed E-state index contributed by atoms with van der Waals surface area (Å²) in [6.45, 7) is 11.5. The van der Waals surface area contributed by atoms with Crippen molar-refractivity contribution in [2.45, 2.75) is 13.8 Å². The topological polar surface area (TPSA) is 12.0 Å². The molecule has 0 rings (SSSR count). The van der Waals surface area contributed by atoms with Gasteiger partial charge in [0.25, 0.3) is 0 Å². The van der Waals surface area contributed by atoms with Crippen LogP contribution in [0.1, 0.15) is 13.8 Å². The number of rotatable bonds is 3. The van der Waals surface area contributed by atoms with E-state index in [1.165, 1.54) is 0 Å². The molecule has 0 saturated heterocycles. The lowest BCUT2D eigenvalue weighted by atomic mass is 10.1. The maximum atomic E-state index is 3.83. The lowest BCUT2D eigenvalue weighted by molar-refractivity contribution is 0.965. The third-order valence-corrected chi connectivity index (χ3v) is 1.67. The number of hydrogen-bond donors (Lipinski definition) is 1. The molecule has 0 unspecified atom stereocenters. The quantitative estimate of drug-likeness (QED) is 0.588. The highest BCUT2D eigenvalue weighted by Gasteiger charge is 1.94. The molecular formula is C9H15N. The van der Waals surface area contributed by atoms with Crippen LogP contribution in [-0.4, -0.2) is 7.05 Å². The van der Waals surface area contributed by atoms with E-state index in [4.69, 9.17) is 0 Å². The van der Waals surface area contributed by atoms with Crippen molar-refractivity contribution in [1.82, 2.24) is 5.32 Å². The molecule has 0 aliphatic rings. The Bertz CT molecular complexity index is 175. The second-order valence-corrected chi connectivity index (χ2v) is 2.23. The van der Waals surface area contributed by atoms with Crippen LogP contribution < -0.4 is 5.32 Å². The predicted octanol–water partition coefficient (Wildman–Crippen LogP) is 2.24. The molecule has 1 N–H and O–H groups in total. The van der Waals surface area contributed by atoms with E-state index in [0.717, 1.165) is 16.8 Å². The molecule has 0 aromatic rings. The van der Waals surface area contributed by atoms with Crippen LogP contribution in [-0.2, 0) is 0 Å². The Hall–Kier alpha value is -0.980. The van der Waals surface area contributed by atoms with Crippen LogP contribution in [0.3, 0.4) is 0 Å². The summed E-state index contributed by atoms with van der Waals surface area (Å²) >= 11 is 0. The highest BCUT2D eigenvalue weighted by atomic mass is 14.8. The average Bonchev–Trinajstić information content (AvgIpc) is 2.00. The van der Waals surface area contributed by atoms with Gasteiger partial charge in [0.2, 0.25) is 0 Å². The summed E-state index contributed by atoms with van der Waals surface area (Å²) in [6.07, 6.45) is 1.76. The minimum Gasteiger partial charge on any atom is -0.391 e. The van der Waals surface area contributed by atoms with Gasteiger partial charge >= 0.3 is 0 Å². The van der Waals surface area contributed by atoms with Crippen LogP contribution in [0.5, 0.6) is 0 Å². The number of hydrogen-bond acceptors (Lipinski definition) is 1. The summed E-state index contributed by atoms with van der Waals surface area (Å²) in [5.74, 6) is 0. The minimum absolute atomic E-state index is 0.979. The molecule has 1 nitrogen and oxygen atoms in total. The van der Waals surface area contributed by atoms with Crippen molar-refractivity contribution in [2.24, 2.45) is 0 Å². The van der Waals surface area contributed by atoms with Gasteiger partial charge in [-0.2, -0.15) is 0 Å².